The molecule has 0 N–H and O–H groups in total. The van der Waals surface area contributed by atoms with E-state index in [4.69, 9.17) is 14.2 Å². The average molecular weight is 618 g/mol. The predicted molar refractivity (Wildman–Crippen MR) is 148 cm³/mol. The lowest BCUT2D eigenvalue weighted by Gasteiger charge is -2.25. The number of thiazole rings is 1. The lowest BCUT2D eigenvalue weighted by atomic mass is 9.96. The number of nitrogens with zero attached hydrogens (tertiary/aromatic N) is 2. The van der Waals surface area contributed by atoms with Crippen LogP contribution in [0.2, 0.25) is 0 Å². The number of ether oxygens (including phenoxy) is 3. The Balaban J connectivity index is 1.91. The molecule has 3 aromatic rings. The van der Waals surface area contributed by atoms with Crippen molar-refractivity contribution in [2.45, 2.75) is 39.8 Å². The number of esters is 1. The van der Waals surface area contributed by atoms with Gasteiger partial charge in [0.1, 0.15) is 0 Å². The minimum Gasteiger partial charge on any atom is -0.493 e. The van der Waals surface area contributed by atoms with Crippen molar-refractivity contribution in [1.82, 2.24) is 4.57 Å². The van der Waals surface area contributed by atoms with Crippen molar-refractivity contribution in [3.05, 3.63) is 88.1 Å². The fourth-order valence-electron chi connectivity index (χ4n) is 4.07. The smallest absolute Gasteiger partial charge is 0.338 e. The van der Waals surface area contributed by atoms with Crippen molar-refractivity contribution in [2.24, 2.45) is 4.99 Å². The molecule has 1 aliphatic heterocycles. The number of rotatable bonds is 7. The summed E-state index contributed by atoms with van der Waals surface area (Å²) in [5.41, 5.74) is 2.30. The Hall–Kier alpha value is -2.92. The van der Waals surface area contributed by atoms with Crippen LogP contribution in [0.25, 0.3) is 6.08 Å². The fourth-order valence-corrected chi connectivity index (χ4v) is 5.90. The van der Waals surface area contributed by atoms with Crippen molar-refractivity contribution < 1.29 is 19.0 Å². The number of methoxy groups -OCH3 is 1. The van der Waals surface area contributed by atoms with Gasteiger partial charge in [0.05, 0.1) is 45.2 Å². The molecule has 0 aliphatic carbocycles. The van der Waals surface area contributed by atoms with Crippen LogP contribution in [0.4, 0.5) is 0 Å². The topological polar surface area (TPSA) is 79.1 Å². The van der Waals surface area contributed by atoms with E-state index in [-0.39, 0.29) is 11.7 Å². The molecule has 9 heteroatoms. The Labute approximate surface area is 226 Å². The number of carbonyl (C=O) groups is 1. The summed E-state index contributed by atoms with van der Waals surface area (Å²) in [6.45, 7) is 7.81. The Kier molecular flexibility index (Phi) is 7.99. The van der Waals surface area contributed by atoms with Gasteiger partial charge in [0, 0.05) is 0 Å². The fraction of sp³-hybridized carbons (Fsp3) is 0.296. The van der Waals surface area contributed by atoms with Crippen molar-refractivity contribution in [3.63, 3.8) is 0 Å². The standard InChI is InChI=1S/C27H27IN2O5S/c1-6-34-24-19(28)12-17(13-20(24)33-5)14-21-25(31)30-23(18-10-8-7-9-11-18)22(26(32)35-15(2)3)16(4)29-27(30)36-21/h7-15,23H,6H2,1-5H3. The maximum Gasteiger partial charge on any atom is 0.338 e. The van der Waals surface area contributed by atoms with Gasteiger partial charge in [-0.25, -0.2) is 9.79 Å². The lowest BCUT2D eigenvalue weighted by Crippen LogP contribution is -2.40. The minimum absolute atomic E-state index is 0.224. The molecule has 2 aromatic carbocycles. The molecule has 1 aromatic heterocycles. The Morgan fingerprint density at radius 1 is 1.25 bits per heavy atom. The van der Waals surface area contributed by atoms with E-state index >= 15 is 0 Å². The summed E-state index contributed by atoms with van der Waals surface area (Å²) in [4.78, 5) is 32.1. The van der Waals surface area contributed by atoms with E-state index in [1.54, 1.807) is 32.4 Å². The molecular formula is C27H27IN2O5S. The predicted octanol–water partition coefficient (Wildman–Crippen LogP) is 4.20. The molecule has 0 amide bonds. The summed E-state index contributed by atoms with van der Waals surface area (Å²) in [6, 6.07) is 12.6. The minimum atomic E-state index is -0.633. The quantitative estimate of drug-likeness (QED) is 0.293. The van der Waals surface area contributed by atoms with Gasteiger partial charge in [-0.05, 0) is 79.6 Å². The van der Waals surface area contributed by atoms with Crippen LogP contribution < -0.4 is 24.4 Å². The molecule has 0 bridgehead atoms. The van der Waals surface area contributed by atoms with E-state index in [0.717, 1.165) is 14.7 Å². The Bertz CT molecular complexity index is 1510. The summed E-state index contributed by atoms with van der Waals surface area (Å²) in [5, 5.41) is 0. The molecule has 36 heavy (non-hydrogen) atoms. The average Bonchev–Trinajstić information content (AvgIpc) is 3.14. The third kappa shape index (κ3) is 5.12. The SMILES string of the molecule is CCOc1c(I)cc(C=c2sc3n(c2=O)C(c2ccccc2)C(C(=O)OC(C)C)=C(C)N=3)cc1OC. The van der Waals surface area contributed by atoms with Crippen LogP contribution in [0.15, 0.2) is 63.5 Å². The number of aromatic nitrogens is 1. The number of carbonyl (C=O) groups excluding carboxylic acids is 1. The molecule has 0 saturated carbocycles. The van der Waals surface area contributed by atoms with E-state index < -0.39 is 12.0 Å². The molecule has 1 unspecified atom stereocenters. The van der Waals surface area contributed by atoms with Gasteiger partial charge in [-0.2, -0.15) is 0 Å². The summed E-state index contributed by atoms with van der Waals surface area (Å²) in [7, 11) is 1.59. The summed E-state index contributed by atoms with van der Waals surface area (Å²) >= 11 is 3.49. The Morgan fingerprint density at radius 3 is 2.61 bits per heavy atom. The number of fused-ring (bicyclic) bond motifs is 1. The Morgan fingerprint density at radius 2 is 1.97 bits per heavy atom. The van der Waals surface area contributed by atoms with Gasteiger partial charge in [-0.1, -0.05) is 41.7 Å². The number of allylic oxidation sites excluding steroid dienone is 1. The zero-order valence-electron chi connectivity index (χ0n) is 20.7. The summed E-state index contributed by atoms with van der Waals surface area (Å²) in [5.74, 6) is 0.798. The first-order valence-corrected chi connectivity index (χ1v) is 13.4. The highest BCUT2D eigenvalue weighted by atomic mass is 127. The second-order valence-electron chi connectivity index (χ2n) is 8.41. The van der Waals surface area contributed by atoms with Crippen LogP contribution in [-0.2, 0) is 9.53 Å². The molecular weight excluding hydrogens is 591 g/mol. The molecule has 0 radical (unpaired) electrons. The molecule has 1 atom stereocenters. The van der Waals surface area contributed by atoms with Gasteiger partial charge in [-0.15, -0.1) is 0 Å². The van der Waals surface area contributed by atoms with Crippen LogP contribution in [0.3, 0.4) is 0 Å². The lowest BCUT2D eigenvalue weighted by molar-refractivity contribution is -0.143. The van der Waals surface area contributed by atoms with E-state index in [1.165, 1.54) is 11.3 Å². The highest BCUT2D eigenvalue weighted by molar-refractivity contribution is 14.1. The maximum atomic E-state index is 13.8. The largest absolute Gasteiger partial charge is 0.493 e. The van der Waals surface area contributed by atoms with Crippen LogP contribution in [0.5, 0.6) is 11.5 Å². The molecule has 188 valence electrons. The number of hydrogen-bond donors (Lipinski definition) is 0. The van der Waals surface area contributed by atoms with Gasteiger partial charge >= 0.3 is 5.97 Å². The molecule has 7 nitrogen and oxygen atoms in total. The van der Waals surface area contributed by atoms with E-state index in [1.807, 2.05) is 55.5 Å². The highest BCUT2D eigenvalue weighted by Gasteiger charge is 2.33. The third-order valence-corrected chi connectivity index (χ3v) is 7.32. The van der Waals surface area contributed by atoms with Crippen molar-refractivity contribution >= 4 is 46.0 Å². The van der Waals surface area contributed by atoms with E-state index in [9.17, 15) is 9.59 Å². The van der Waals surface area contributed by atoms with Crippen molar-refractivity contribution in [3.8, 4) is 11.5 Å². The second-order valence-corrected chi connectivity index (χ2v) is 10.6. The molecule has 2 heterocycles. The molecule has 4 rings (SSSR count). The van der Waals surface area contributed by atoms with Gasteiger partial charge in [0.25, 0.3) is 5.56 Å². The van der Waals surface area contributed by atoms with Crippen LogP contribution in [-0.4, -0.2) is 30.4 Å². The zero-order valence-corrected chi connectivity index (χ0v) is 23.7. The van der Waals surface area contributed by atoms with Crippen molar-refractivity contribution in [1.29, 1.82) is 0 Å². The van der Waals surface area contributed by atoms with Gasteiger partial charge in [0.15, 0.2) is 16.3 Å². The first-order valence-electron chi connectivity index (χ1n) is 11.5. The van der Waals surface area contributed by atoms with Crippen LogP contribution in [0, 0.1) is 3.57 Å². The molecule has 1 aliphatic rings. The molecule has 0 fully saturated rings. The van der Waals surface area contributed by atoms with Crippen LogP contribution in [0.1, 0.15) is 44.9 Å². The van der Waals surface area contributed by atoms with Gasteiger partial charge in [-0.3, -0.25) is 9.36 Å². The number of benzene rings is 2. The summed E-state index contributed by atoms with van der Waals surface area (Å²) < 4.78 is 19.7. The van der Waals surface area contributed by atoms with E-state index in [2.05, 4.69) is 27.6 Å². The van der Waals surface area contributed by atoms with Crippen molar-refractivity contribution in [2.75, 3.05) is 13.7 Å². The number of halogens is 1. The van der Waals surface area contributed by atoms with Crippen LogP contribution >= 0.6 is 33.9 Å². The molecule has 0 spiro atoms. The zero-order chi connectivity index (χ0) is 26.0. The first kappa shape index (κ1) is 26.2. The van der Waals surface area contributed by atoms with Gasteiger partial charge in [0.2, 0.25) is 0 Å². The first-order chi connectivity index (χ1) is 17.2. The second kappa shape index (κ2) is 11.0. The maximum absolute atomic E-state index is 13.8. The number of hydrogen-bond acceptors (Lipinski definition) is 7. The highest BCUT2D eigenvalue weighted by Crippen LogP contribution is 2.34. The normalized spacial score (nSPS) is 15.5. The van der Waals surface area contributed by atoms with E-state index in [0.29, 0.717) is 38.7 Å². The van der Waals surface area contributed by atoms with Gasteiger partial charge < -0.3 is 14.2 Å². The monoisotopic (exact) mass is 618 g/mol. The molecule has 0 saturated heterocycles. The third-order valence-electron chi connectivity index (χ3n) is 5.54. The summed E-state index contributed by atoms with van der Waals surface area (Å²) in [6.07, 6.45) is 1.52.